The third kappa shape index (κ3) is 0.589. The zero-order chi connectivity index (χ0) is 6.97. The average molecular weight is 133 g/mol. The molecule has 0 aliphatic carbocycles. The second kappa shape index (κ2) is 1.77. The van der Waals surface area contributed by atoms with E-state index in [1.807, 2.05) is 12.1 Å². The first-order chi connectivity index (χ1) is 4.88. The van der Waals surface area contributed by atoms with Gasteiger partial charge in [-0.05, 0) is 6.07 Å². The number of benzene rings is 1. The first kappa shape index (κ1) is 5.35. The van der Waals surface area contributed by atoms with Crippen LogP contribution in [0.5, 0.6) is 5.75 Å². The van der Waals surface area contributed by atoms with Gasteiger partial charge in [0.1, 0.15) is 5.58 Å². The summed E-state index contributed by atoms with van der Waals surface area (Å²) in [6, 6.07) is 7.18. The SMILES string of the molecule is [O-]c1coc2ccccc12. The van der Waals surface area contributed by atoms with Gasteiger partial charge in [-0.25, -0.2) is 0 Å². The minimum atomic E-state index is -0.0457. The van der Waals surface area contributed by atoms with Gasteiger partial charge in [-0.3, -0.25) is 0 Å². The Bertz CT molecular complexity index is 349. The summed E-state index contributed by atoms with van der Waals surface area (Å²) >= 11 is 0. The minimum Gasteiger partial charge on any atom is -0.870 e. The largest absolute Gasteiger partial charge is 0.870 e. The molecule has 0 unspecified atom stereocenters. The summed E-state index contributed by atoms with van der Waals surface area (Å²) in [4.78, 5) is 0. The standard InChI is InChI=1S/C8H6O2/c9-7-5-10-8-4-2-1-3-6(7)8/h1-5,9H/p-1. The Morgan fingerprint density at radius 2 is 2.00 bits per heavy atom. The number of rotatable bonds is 0. The summed E-state index contributed by atoms with van der Waals surface area (Å²) in [6.07, 6.45) is 1.23. The Labute approximate surface area is 57.7 Å². The van der Waals surface area contributed by atoms with Gasteiger partial charge in [0.15, 0.2) is 0 Å². The maximum absolute atomic E-state index is 10.9. The van der Waals surface area contributed by atoms with Crippen molar-refractivity contribution in [3.63, 3.8) is 0 Å². The van der Waals surface area contributed by atoms with E-state index in [0.717, 1.165) is 0 Å². The van der Waals surface area contributed by atoms with Crippen LogP contribution in [0, 0.1) is 0 Å². The monoisotopic (exact) mass is 133 g/mol. The van der Waals surface area contributed by atoms with E-state index >= 15 is 0 Å². The molecule has 1 aromatic carbocycles. The zero-order valence-electron chi connectivity index (χ0n) is 5.20. The van der Waals surface area contributed by atoms with Crippen molar-refractivity contribution in [2.45, 2.75) is 0 Å². The highest BCUT2D eigenvalue weighted by molar-refractivity contribution is 5.82. The molecule has 0 amide bonds. The first-order valence-corrected chi connectivity index (χ1v) is 3.01. The van der Waals surface area contributed by atoms with Crippen LogP contribution in [-0.4, -0.2) is 0 Å². The molecule has 2 nitrogen and oxygen atoms in total. The fourth-order valence-electron chi connectivity index (χ4n) is 0.953. The summed E-state index contributed by atoms with van der Waals surface area (Å²) < 4.78 is 4.94. The fraction of sp³-hybridized carbons (Fsp3) is 0. The van der Waals surface area contributed by atoms with Gasteiger partial charge in [0.05, 0.1) is 6.26 Å². The third-order valence-corrected chi connectivity index (χ3v) is 1.45. The number of hydrogen-bond donors (Lipinski definition) is 0. The van der Waals surface area contributed by atoms with Gasteiger partial charge in [0, 0.05) is 5.39 Å². The van der Waals surface area contributed by atoms with Gasteiger partial charge >= 0.3 is 0 Å². The molecular weight excluding hydrogens is 128 g/mol. The van der Waals surface area contributed by atoms with Crippen LogP contribution in [0.3, 0.4) is 0 Å². The lowest BCUT2D eigenvalue weighted by Crippen LogP contribution is -1.84. The predicted molar refractivity (Wildman–Crippen MR) is 35.7 cm³/mol. The molecule has 2 aromatic rings. The number of fused-ring (bicyclic) bond motifs is 1. The van der Waals surface area contributed by atoms with Gasteiger partial charge in [0.25, 0.3) is 0 Å². The molecule has 1 heterocycles. The molecule has 0 fully saturated rings. The van der Waals surface area contributed by atoms with Crippen molar-refractivity contribution >= 4 is 11.0 Å². The Morgan fingerprint density at radius 1 is 1.20 bits per heavy atom. The molecular formula is C8H5O2-. The lowest BCUT2D eigenvalue weighted by Gasteiger charge is -1.95. The van der Waals surface area contributed by atoms with Crippen LogP contribution in [0.4, 0.5) is 0 Å². The second-order valence-corrected chi connectivity index (χ2v) is 2.10. The molecule has 0 atom stereocenters. The smallest absolute Gasteiger partial charge is 0.133 e. The summed E-state index contributed by atoms with van der Waals surface area (Å²) in [7, 11) is 0. The normalized spacial score (nSPS) is 10.4. The van der Waals surface area contributed by atoms with E-state index < -0.39 is 0 Å². The molecule has 1 aromatic heterocycles. The lowest BCUT2D eigenvalue weighted by molar-refractivity contribution is -0.266. The van der Waals surface area contributed by atoms with E-state index in [1.54, 1.807) is 12.1 Å². The van der Waals surface area contributed by atoms with Crippen molar-refractivity contribution in [1.29, 1.82) is 0 Å². The first-order valence-electron chi connectivity index (χ1n) is 3.01. The second-order valence-electron chi connectivity index (χ2n) is 2.10. The van der Waals surface area contributed by atoms with Gasteiger partial charge in [-0.1, -0.05) is 23.9 Å². The Hall–Kier alpha value is -1.44. The van der Waals surface area contributed by atoms with E-state index in [1.165, 1.54) is 6.26 Å². The fourth-order valence-corrected chi connectivity index (χ4v) is 0.953. The van der Waals surface area contributed by atoms with Crippen molar-refractivity contribution in [2.24, 2.45) is 0 Å². The van der Waals surface area contributed by atoms with Gasteiger partial charge < -0.3 is 9.52 Å². The van der Waals surface area contributed by atoms with Crippen LogP contribution >= 0.6 is 0 Å². The molecule has 50 valence electrons. The Kier molecular flexibility index (Phi) is 0.947. The number of furan rings is 1. The zero-order valence-corrected chi connectivity index (χ0v) is 5.20. The molecule has 2 rings (SSSR count). The summed E-state index contributed by atoms with van der Waals surface area (Å²) in [5.74, 6) is -0.0457. The predicted octanol–water partition coefficient (Wildman–Crippen LogP) is 1.51. The highest BCUT2D eigenvalue weighted by atomic mass is 16.4. The summed E-state index contributed by atoms with van der Waals surface area (Å²) in [6.45, 7) is 0. The third-order valence-electron chi connectivity index (χ3n) is 1.45. The maximum atomic E-state index is 10.9. The summed E-state index contributed by atoms with van der Waals surface area (Å²) in [5.41, 5.74) is 0.660. The van der Waals surface area contributed by atoms with Crippen LogP contribution in [0.25, 0.3) is 11.0 Å². The van der Waals surface area contributed by atoms with Gasteiger partial charge in [0.2, 0.25) is 0 Å². The molecule has 0 N–H and O–H groups in total. The van der Waals surface area contributed by atoms with Crippen molar-refractivity contribution in [3.05, 3.63) is 30.5 Å². The van der Waals surface area contributed by atoms with Gasteiger partial charge in [-0.2, -0.15) is 0 Å². The van der Waals surface area contributed by atoms with Crippen LogP contribution in [0.15, 0.2) is 34.9 Å². The van der Waals surface area contributed by atoms with E-state index in [-0.39, 0.29) is 5.75 Å². The maximum Gasteiger partial charge on any atom is 0.133 e. The molecule has 0 aliphatic rings. The molecule has 0 aliphatic heterocycles. The molecule has 0 saturated heterocycles. The number of para-hydroxylation sites is 1. The summed E-state index contributed by atoms with van der Waals surface area (Å²) in [5, 5.41) is 11.5. The van der Waals surface area contributed by atoms with Crippen LogP contribution in [-0.2, 0) is 0 Å². The van der Waals surface area contributed by atoms with Gasteiger partial charge in [-0.15, -0.1) is 0 Å². The Morgan fingerprint density at radius 3 is 2.80 bits per heavy atom. The van der Waals surface area contributed by atoms with E-state index in [2.05, 4.69) is 0 Å². The van der Waals surface area contributed by atoms with Crippen molar-refractivity contribution in [1.82, 2.24) is 0 Å². The van der Waals surface area contributed by atoms with Crippen LogP contribution in [0.2, 0.25) is 0 Å². The average Bonchev–Trinajstić information content (AvgIpc) is 2.34. The molecule has 10 heavy (non-hydrogen) atoms. The van der Waals surface area contributed by atoms with Crippen molar-refractivity contribution in [2.75, 3.05) is 0 Å². The quantitative estimate of drug-likeness (QED) is 0.546. The Balaban J connectivity index is 2.93. The molecule has 0 spiro atoms. The highest BCUT2D eigenvalue weighted by Crippen LogP contribution is 2.22. The molecule has 0 saturated carbocycles. The minimum absolute atomic E-state index is 0.0457. The number of hydrogen-bond acceptors (Lipinski definition) is 2. The molecule has 0 radical (unpaired) electrons. The van der Waals surface area contributed by atoms with Crippen LogP contribution < -0.4 is 5.11 Å². The van der Waals surface area contributed by atoms with E-state index in [4.69, 9.17) is 4.42 Å². The van der Waals surface area contributed by atoms with E-state index in [9.17, 15) is 5.11 Å². The molecule has 2 heteroatoms. The van der Waals surface area contributed by atoms with Crippen molar-refractivity contribution in [3.8, 4) is 5.75 Å². The van der Waals surface area contributed by atoms with Crippen LogP contribution in [0.1, 0.15) is 0 Å². The van der Waals surface area contributed by atoms with Crippen molar-refractivity contribution < 1.29 is 9.52 Å². The molecule has 0 bridgehead atoms. The van der Waals surface area contributed by atoms with E-state index in [0.29, 0.717) is 11.0 Å². The highest BCUT2D eigenvalue weighted by Gasteiger charge is 1.93. The lowest BCUT2D eigenvalue weighted by atomic mass is 10.2. The topological polar surface area (TPSA) is 36.2 Å².